The lowest BCUT2D eigenvalue weighted by molar-refractivity contribution is 0.102. The van der Waals surface area contributed by atoms with E-state index in [2.05, 4.69) is 45.1 Å². The van der Waals surface area contributed by atoms with Crippen LogP contribution >= 0.6 is 15.9 Å². The molecular weight excluding hydrogens is 538 g/mol. The molecule has 0 radical (unpaired) electrons. The molecule has 5 rings (SSSR count). The van der Waals surface area contributed by atoms with Crippen LogP contribution < -0.4 is 15.4 Å². The Morgan fingerprint density at radius 2 is 1.75 bits per heavy atom. The lowest BCUT2D eigenvalue weighted by Gasteiger charge is -2.40. The molecule has 3 aromatic rings. The molecule has 2 unspecified atom stereocenters. The third kappa shape index (κ3) is 4.82. The minimum Gasteiger partial charge on any atom is -0.380 e. The summed E-state index contributed by atoms with van der Waals surface area (Å²) >= 11 is 3.41. The number of hydrogen-bond donors (Lipinski definition) is 3. The van der Waals surface area contributed by atoms with E-state index in [1.165, 1.54) is 0 Å². The van der Waals surface area contributed by atoms with Crippen LogP contribution in [0.5, 0.6) is 0 Å². The second-order valence-corrected chi connectivity index (χ2v) is 13.1. The maximum atomic E-state index is 13.2. The first-order valence-electron chi connectivity index (χ1n) is 12.1. The fourth-order valence-corrected chi connectivity index (χ4v) is 6.93. The van der Waals surface area contributed by atoms with E-state index in [1.54, 1.807) is 12.1 Å². The summed E-state index contributed by atoms with van der Waals surface area (Å²) in [6, 6.07) is 19.9. The van der Waals surface area contributed by atoms with E-state index in [1.807, 2.05) is 61.5 Å². The molecule has 1 heterocycles. The van der Waals surface area contributed by atoms with Gasteiger partial charge in [0.25, 0.3) is 5.91 Å². The van der Waals surface area contributed by atoms with Crippen LogP contribution in [-0.4, -0.2) is 25.9 Å². The number of hydrogen-bond acceptors (Lipinski definition) is 4. The summed E-state index contributed by atoms with van der Waals surface area (Å²) in [4.78, 5) is 13.3. The summed E-state index contributed by atoms with van der Waals surface area (Å²) < 4.78 is 30.3. The SMILES string of the molecule is CCc1ccc(S(=O)(=O)NC2CC23CC(C)(C)Nc2ccc(C(=O)Nc4ccc(Br)cc4)cc23)cc1. The van der Waals surface area contributed by atoms with Gasteiger partial charge in [-0.05, 0) is 98.8 Å². The highest BCUT2D eigenvalue weighted by Crippen LogP contribution is 2.59. The number of carbonyl (C=O) groups is 1. The van der Waals surface area contributed by atoms with Gasteiger partial charge in [0, 0.05) is 38.4 Å². The van der Waals surface area contributed by atoms with Crippen LogP contribution in [0.3, 0.4) is 0 Å². The highest BCUT2D eigenvalue weighted by Gasteiger charge is 2.61. The van der Waals surface area contributed by atoms with Gasteiger partial charge in [-0.1, -0.05) is 35.0 Å². The Morgan fingerprint density at radius 3 is 2.42 bits per heavy atom. The molecule has 1 aliphatic heterocycles. The van der Waals surface area contributed by atoms with Crippen LogP contribution in [0.1, 0.15) is 55.1 Å². The van der Waals surface area contributed by atoms with Gasteiger partial charge in [0.2, 0.25) is 10.0 Å². The fourth-order valence-electron chi connectivity index (χ4n) is 5.35. The minimum atomic E-state index is -3.66. The van der Waals surface area contributed by atoms with Crippen molar-refractivity contribution in [3.05, 3.63) is 87.9 Å². The largest absolute Gasteiger partial charge is 0.380 e. The molecule has 2 atom stereocenters. The van der Waals surface area contributed by atoms with Crippen molar-refractivity contribution in [2.75, 3.05) is 10.6 Å². The highest BCUT2D eigenvalue weighted by molar-refractivity contribution is 9.10. The van der Waals surface area contributed by atoms with Crippen LogP contribution in [0, 0.1) is 0 Å². The zero-order chi connectivity index (χ0) is 25.7. The van der Waals surface area contributed by atoms with Gasteiger partial charge in [0.1, 0.15) is 0 Å². The topological polar surface area (TPSA) is 87.3 Å². The van der Waals surface area contributed by atoms with Crippen molar-refractivity contribution in [3.8, 4) is 0 Å². The smallest absolute Gasteiger partial charge is 0.255 e. The van der Waals surface area contributed by atoms with Crippen LogP contribution in [0.15, 0.2) is 76.1 Å². The minimum absolute atomic E-state index is 0.200. The molecule has 36 heavy (non-hydrogen) atoms. The Balaban J connectivity index is 1.42. The molecule has 1 saturated carbocycles. The number of nitrogens with one attached hydrogen (secondary N) is 3. The molecule has 6 nitrogen and oxygen atoms in total. The third-order valence-electron chi connectivity index (χ3n) is 7.17. The molecule has 188 valence electrons. The number of rotatable bonds is 6. The van der Waals surface area contributed by atoms with Gasteiger partial charge in [0.15, 0.2) is 0 Å². The number of halogens is 1. The maximum Gasteiger partial charge on any atom is 0.255 e. The second kappa shape index (κ2) is 9.01. The number of carbonyl (C=O) groups excluding carboxylic acids is 1. The van der Waals surface area contributed by atoms with E-state index in [0.29, 0.717) is 17.7 Å². The summed E-state index contributed by atoms with van der Waals surface area (Å²) in [5.74, 6) is -0.200. The Kier molecular flexibility index (Phi) is 6.25. The normalized spacial score (nSPS) is 21.9. The summed E-state index contributed by atoms with van der Waals surface area (Å²) in [6.07, 6.45) is 2.30. The lowest BCUT2D eigenvalue weighted by atomic mass is 9.77. The number of sulfonamides is 1. The van der Waals surface area contributed by atoms with Gasteiger partial charge in [-0.3, -0.25) is 4.79 Å². The summed E-state index contributed by atoms with van der Waals surface area (Å²) in [6.45, 7) is 6.29. The van der Waals surface area contributed by atoms with Crippen molar-refractivity contribution in [1.29, 1.82) is 0 Å². The molecule has 1 amide bonds. The van der Waals surface area contributed by atoms with Crippen molar-refractivity contribution in [2.24, 2.45) is 0 Å². The Hall–Kier alpha value is -2.68. The Bertz CT molecular complexity index is 1420. The van der Waals surface area contributed by atoms with E-state index in [4.69, 9.17) is 0 Å². The first-order chi connectivity index (χ1) is 17.0. The van der Waals surface area contributed by atoms with Gasteiger partial charge < -0.3 is 10.6 Å². The predicted octanol–water partition coefficient (Wildman–Crippen LogP) is 5.85. The number of fused-ring (bicyclic) bond motifs is 2. The average Bonchev–Trinajstić information content (AvgIpc) is 3.49. The van der Waals surface area contributed by atoms with Crippen molar-refractivity contribution < 1.29 is 13.2 Å². The van der Waals surface area contributed by atoms with Gasteiger partial charge in [-0.25, -0.2) is 13.1 Å². The maximum absolute atomic E-state index is 13.2. The van der Waals surface area contributed by atoms with E-state index < -0.39 is 10.0 Å². The molecule has 0 aromatic heterocycles. The third-order valence-corrected chi connectivity index (χ3v) is 9.18. The number of anilines is 2. The van der Waals surface area contributed by atoms with Crippen LogP contribution in [0.4, 0.5) is 11.4 Å². The van der Waals surface area contributed by atoms with Gasteiger partial charge in [-0.15, -0.1) is 0 Å². The van der Waals surface area contributed by atoms with E-state index in [9.17, 15) is 13.2 Å². The summed E-state index contributed by atoms with van der Waals surface area (Å²) in [7, 11) is -3.66. The molecule has 1 aliphatic carbocycles. The molecule has 0 bridgehead atoms. The number of aryl methyl sites for hydroxylation is 1. The molecule has 1 fully saturated rings. The lowest BCUT2D eigenvalue weighted by Crippen LogP contribution is -2.44. The van der Waals surface area contributed by atoms with Gasteiger partial charge in [-0.2, -0.15) is 0 Å². The predicted molar refractivity (Wildman–Crippen MR) is 147 cm³/mol. The van der Waals surface area contributed by atoms with E-state index in [0.717, 1.165) is 34.1 Å². The van der Waals surface area contributed by atoms with Crippen LogP contribution in [0.25, 0.3) is 0 Å². The molecule has 3 N–H and O–H groups in total. The molecule has 0 saturated heterocycles. The van der Waals surface area contributed by atoms with Crippen LogP contribution in [-0.2, 0) is 21.9 Å². The zero-order valence-electron chi connectivity index (χ0n) is 20.6. The Morgan fingerprint density at radius 1 is 1.06 bits per heavy atom. The Labute approximate surface area is 221 Å². The summed E-state index contributed by atoms with van der Waals surface area (Å²) in [5.41, 5.74) is 3.70. The summed E-state index contributed by atoms with van der Waals surface area (Å²) in [5, 5.41) is 6.51. The molecule has 2 aliphatic rings. The quantitative estimate of drug-likeness (QED) is 0.349. The first kappa shape index (κ1) is 25.0. The molecular formula is C28H30BrN3O3S. The number of amides is 1. The van der Waals surface area contributed by atoms with Crippen LogP contribution in [0.2, 0.25) is 0 Å². The molecule has 8 heteroatoms. The second-order valence-electron chi connectivity index (χ2n) is 10.4. The van der Waals surface area contributed by atoms with E-state index >= 15 is 0 Å². The number of benzene rings is 3. The van der Waals surface area contributed by atoms with Crippen molar-refractivity contribution in [2.45, 2.75) is 61.9 Å². The van der Waals surface area contributed by atoms with Gasteiger partial charge >= 0.3 is 0 Å². The standard InChI is InChI=1S/C28H30BrN3O3S/c1-4-18-5-12-22(13-6-18)36(34,35)32-25-16-28(25)17-27(2,3)31-24-14-7-19(15-23(24)28)26(33)30-21-10-8-20(29)9-11-21/h5-15,25,31-32H,4,16-17H2,1-3H3,(H,30,33). The van der Waals surface area contributed by atoms with Gasteiger partial charge in [0.05, 0.1) is 4.90 Å². The van der Waals surface area contributed by atoms with Crippen molar-refractivity contribution in [1.82, 2.24) is 4.72 Å². The van der Waals surface area contributed by atoms with Crippen molar-refractivity contribution in [3.63, 3.8) is 0 Å². The van der Waals surface area contributed by atoms with E-state index in [-0.39, 0.29) is 27.8 Å². The fraction of sp³-hybridized carbons (Fsp3) is 0.321. The molecule has 1 spiro atoms. The zero-order valence-corrected chi connectivity index (χ0v) is 23.0. The monoisotopic (exact) mass is 567 g/mol. The molecule has 3 aromatic carbocycles. The average molecular weight is 569 g/mol. The highest BCUT2D eigenvalue weighted by atomic mass is 79.9. The first-order valence-corrected chi connectivity index (χ1v) is 14.4. The van der Waals surface area contributed by atoms with Crippen molar-refractivity contribution >= 4 is 43.2 Å².